The van der Waals surface area contributed by atoms with Crippen LogP contribution in [0, 0.1) is 5.41 Å². The van der Waals surface area contributed by atoms with Gasteiger partial charge in [-0.15, -0.1) is 10.2 Å². The summed E-state index contributed by atoms with van der Waals surface area (Å²) in [6.45, 7) is 8.43. The minimum Gasteiger partial charge on any atom is -0.465 e. The molecule has 8 nitrogen and oxygen atoms in total. The lowest BCUT2D eigenvalue weighted by atomic mass is 9.95. The van der Waals surface area contributed by atoms with Crippen LogP contribution in [0.2, 0.25) is 0 Å². The van der Waals surface area contributed by atoms with Crippen molar-refractivity contribution in [2.45, 2.75) is 52.6 Å². The quantitative estimate of drug-likeness (QED) is 0.328. The van der Waals surface area contributed by atoms with Crippen molar-refractivity contribution < 1.29 is 14.3 Å². The number of nitrogens with zero attached hydrogens (tertiary/aromatic N) is 4. The number of carbonyl (C=O) groups excluding carboxylic acids is 1. The topological polar surface area (TPSA) is 93.2 Å². The normalized spacial score (nSPS) is 14.8. The summed E-state index contributed by atoms with van der Waals surface area (Å²) in [7, 11) is 0. The van der Waals surface area contributed by atoms with Crippen molar-refractivity contribution >= 4 is 11.8 Å². The number of anilines is 1. The maximum atomic E-state index is 12.3. The second-order valence-corrected chi connectivity index (χ2v) is 9.66. The van der Waals surface area contributed by atoms with Gasteiger partial charge in [0.15, 0.2) is 11.6 Å². The van der Waals surface area contributed by atoms with Crippen LogP contribution in [0.15, 0.2) is 48.7 Å². The molecule has 8 heteroatoms. The highest BCUT2D eigenvalue weighted by atomic mass is 16.5. The monoisotopic (exact) mass is 477 g/mol. The van der Waals surface area contributed by atoms with Crippen LogP contribution in [-0.4, -0.2) is 58.5 Å². The van der Waals surface area contributed by atoms with Crippen LogP contribution in [0.1, 0.15) is 46.5 Å². The maximum absolute atomic E-state index is 12.3. The zero-order valence-electron chi connectivity index (χ0n) is 20.9. The molecule has 3 aromatic rings. The van der Waals surface area contributed by atoms with Crippen molar-refractivity contribution in [1.82, 2.24) is 20.2 Å². The summed E-state index contributed by atoms with van der Waals surface area (Å²) in [6.07, 6.45) is 5.66. The number of aromatic amines is 1. The van der Waals surface area contributed by atoms with E-state index in [1.54, 1.807) is 0 Å². The number of aromatic nitrogens is 4. The second-order valence-electron chi connectivity index (χ2n) is 9.66. The predicted molar refractivity (Wildman–Crippen MR) is 136 cm³/mol. The highest BCUT2D eigenvalue weighted by Crippen LogP contribution is 2.25. The molecule has 0 spiro atoms. The molecule has 1 aromatic carbocycles. The highest BCUT2D eigenvalue weighted by Gasteiger charge is 2.32. The molecule has 4 rings (SSSR count). The Bertz CT molecular complexity index is 1070. The first-order valence-electron chi connectivity index (χ1n) is 12.4. The van der Waals surface area contributed by atoms with E-state index in [1.807, 2.05) is 62.5 Å². The number of nitrogens with one attached hydrogen (secondary N) is 1. The molecule has 35 heavy (non-hydrogen) atoms. The van der Waals surface area contributed by atoms with Gasteiger partial charge in [-0.2, -0.15) is 0 Å². The predicted octanol–water partition coefficient (Wildman–Crippen LogP) is 4.89. The van der Waals surface area contributed by atoms with Gasteiger partial charge in [0.2, 0.25) is 0 Å². The molecule has 0 unspecified atom stereocenters. The molecular weight excluding hydrogens is 442 g/mol. The average molecular weight is 478 g/mol. The summed E-state index contributed by atoms with van der Waals surface area (Å²) in [5.74, 6) is 2.19. The first kappa shape index (κ1) is 24.9. The SMILES string of the molecule is CCCCOC(=O)C(C)(C)COC1CCN(c2ccc(-c3nnc(-c4ccccc4)[nH]3)cn2)CC1. The van der Waals surface area contributed by atoms with Crippen LogP contribution in [-0.2, 0) is 14.3 Å². The maximum Gasteiger partial charge on any atom is 0.313 e. The number of pyridine rings is 1. The summed E-state index contributed by atoms with van der Waals surface area (Å²) < 4.78 is 11.5. The van der Waals surface area contributed by atoms with E-state index in [0.29, 0.717) is 19.0 Å². The molecule has 2 aromatic heterocycles. The molecule has 1 fully saturated rings. The molecule has 0 atom stereocenters. The van der Waals surface area contributed by atoms with E-state index in [-0.39, 0.29) is 12.1 Å². The minimum atomic E-state index is -0.636. The van der Waals surface area contributed by atoms with Crippen molar-refractivity contribution in [2.24, 2.45) is 5.41 Å². The molecule has 1 N–H and O–H groups in total. The molecular formula is C27H35N5O3. The van der Waals surface area contributed by atoms with Gasteiger partial charge in [0.05, 0.1) is 24.7 Å². The van der Waals surface area contributed by atoms with Gasteiger partial charge in [-0.05, 0) is 45.2 Å². The molecule has 0 amide bonds. The molecule has 1 aliphatic heterocycles. The molecule has 1 saturated heterocycles. The molecule has 0 aliphatic carbocycles. The van der Waals surface area contributed by atoms with Crippen LogP contribution < -0.4 is 4.90 Å². The fourth-order valence-electron chi connectivity index (χ4n) is 3.97. The number of piperidine rings is 1. The van der Waals surface area contributed by atoms with Gasteiger partial charge >= 0.3 is 5.97 Å². The van der Waals surface area contributed by atoms with Crippen molar-refractivity contribution in [3.8, 4) is 22.8 Å². The molecule has 1 aliphatic rings. The first-order chi connectivity index (χ1) is 17.0. The third-order valence-electron chi connectivity index (χ3n) is 6.28. The van der Waals surface area contributed by atoms with Crippen LogP contribution in [0.4, 0.5) is 5.82 Å². The van der Waals surface area contributed by atoms with E-state index in [0.717, 1.165) is 61.5 Å². The Morgan fingerprint density at radius 1 is 1.06 bits per heavy atom. The largest absolute Gasteiger partial charge is 0.465 e. The third-order valence-corrected chi connectivity index (χ3v) is 6.28. The fraction of sp³-hybridized carbons (Fsp3) is 0.481. The number of ether oxygens (including phenoxy) is 2. The van der Waals surface area contributed by atoms with Crippen molar-refractivity contribution in [3.05, 3.63) is 48.7 Å². The molecule has 0 radical (unpaired) electrons. The Labute approximate surface area is 207 Å². The number of hydrogen-bond donors (Lipinski definition) is 1. The number of hydrogen-bond acceptors (Lipinski definition) is 7. The molecule has 0 bridgehead atoms. The number of esters is 1. The van der Waals surface area contributed by atoms with E-state index in [9.17, 15) is 4.79 Å². The first-order valence-corrected chi connectivity index (χ1v) is 12.4. The van der Waals surface area contributed by atoms with Crippen LogP contribution >= 0.6 is 0 Å². The minimum absolute atomic E-state index is 0.138. The van der Waals surface area contributed by atoms with Gasteiger partial charge < -0.3 is 19.4 Å². The van der Waals surface area contributed by atoms with E-state index in [1.165, 1.54) is 0 Å². The molecule has 3 heterocycles. The number of H-pyrrole nitrogens is 1. The summed E-state index contributed by atoms with van der Waals surface area (Å²) in [6, 6.07) is 14.0. The Kier molecular flexibility index (Phi) is 8.13. The Hall–Kier alpha value is -3.26. The lowest BCUT2D eigenvalue weighted by molar-refractivity contribution is -0.159. The smallest absolute Gasteiger partial charge is 0.313 e. The number of benzene rings is 1. The Morgan fingerprint density at radius 3 is 2.43 bits per heavy atom. The highest BCUT2D eigenvalue weighted by molar-refractivity contribution is 5.76. The van der Waals surface area contributed by atoms with E-state index < -0.39 is 5.41 Å². The summed E-state index contributed by atoms with van der Waals surface area (Å²) in [4.78, 5) is 22.5. The van der Waals surface area contributed by atoms with Crippen LogP contribution in [0.3, 0.4) is 0 Å². The van der Waals surface area contributed by atoms with E-state index in [4.69, 9.17) is 9.47 Å². The Balaban J connectivity index is 1.26. The zero-order chi connectivity index (χ0) is 24.7. The standard InChI is InChI=1S/C27H35N5O3/c1-4-5-17-34-26(33)27(2,3)19-35-22-13-15-32(16-14-22)23-12-11-21(18-28-23)25-29-24(30-31-25)20-9-7-6-8-10-20/h6-12,18,22H,4-5,13-17,19H2,1-3H3,(H,29,30,31). The lowest BCUT2D eigenvalue weighted by Crippen LogP contribution is -2.40. The number of carbonyl (C=O) groups is 1. The average Bonchev–Trinajstić information content (AvgIpc) is 3.39. The van der Waals surface area contributed by atoms with Crippen molar-refractivity contribution in [2.75, 3.05) is 31.2 Å². The lowest BCUT2D eigenvalue weighted by Gasteiger charge is -2.34. The number of unbranched alkanes of at least 4 members (excludes halogenated alkanes) is 1. The summed E-state index contributed by atoms with van der Waals surface area (Å²) in [5.41, 5.74) is 1.26. The van der Waals surface area contributed by atoms with Gasteiger partial charge in [-0.25, -0.2) is 4.98 Å². The molecule has 0 saturated carbocycles. The van der Waals surface area contributed by atoms with Gasteiger partial charge in [0, 0.05) is 30.4 Å². The van der Waals surface area contributed by atoms with Gasteiger partial charge in [-0.1, -0.05) is 43.7 Å². The molecule has 186 valence electrons. The summed E-state index contributed by atoms with van der Waals surface area (Å²) in [5, 5.41) is 8.54. The van der Waals surface area contributed by atoms with Gasteiger partial charge in [-0.3, -0.25) is 4.79 Å². The van der Waals surface area contributed by atoms with Gasteiger partial charge in [0.1, 0.15) is 5.82 Å². The zero-order valence-corrected chi connectivity index (χ0v) is 20.9. The van der Waals surface area contributed by atoms with Crippen molar-refractivity contribution in [3.63, 3.8) is 0 Å². The Morgan fingerprint density at radius 2 is 1.77 bits per heavy atom. The third kappa shape index (κ3) is 6.45. The van der Waals surface area contributed by atoms with Crippen LogP contribution in [0.25, 0.3) is 22.8 Å². The second kappa shape index (κ2) is 11.4. The van der Waals surface area contributed by atoms with E-state index in [2.05, 4.69) is 32.0 Å². The van der Waals surface area contributed by atoms with Crippen molar-refractivity contribution in [1.29, 1.82) is 0 Å². The summed E-state index contributed by atoms with van der Waals surface area (Å²) >= 11 is 0. The van der Waals surface area contributed by atoms with E-state index >= 15 is 0 Å². The van der Waals surface area contributed by atoms with Crippen LogP contribution in [0.5, 0.6) is 0 Å². The van der Waals surface area contributed by atoms with Gasteiger partial charge in [0.25, 0.3) is 0 Å². The fourth-order valence-corrected chi connectivity index (χ4v) is 3.97. The number of rotatable bonds is 10.